The number of hydrogen-bond donors (Lipinski definition) is 1. The van der Waals surface area contributed by atoms with E-state index in [1.54, 1.807) is 0 Å². The minimum atomic E-state index is 0.736. The molecule has 1 N–H and O–H groups in total. The number of aromatic nitrogens is 2. The molecule has 0 aliphatic heterocycles. The molecule has 0 saturated heterocycles. The highest BCUT2D eigenvalue weighted by Crippen LogP contribution is 2.23. The van der Waals surface area contributed by atoms with Crippen molar-refractivity contribution in [3.63, 3.8) is 0 Å². The van der Waals surface area contributed by atoms with Gasteiger partial charge in [-0.3, -0.25) is 9.58 Å². The van der Waals surface area contributed by atoms with Crippen molar-refractivity contribution >= 4 is 0 Å². The SMILES string of the molecule is CCCNC1CCC(N(C)Cc2cnn(CC)c2)CC1. The van der Waals surface area contributed by atoms with Gasteiger partial charge < -0.3 is 5.32 Å². The third kappa shape index (κ3) is 4.32. The first-order valence-corrected chi connectivity index (χ1v) is 8.17. The molecule has 0 unspecified atom stereocenters. The first-order valence-electron chi connectivity index (χ1n) is 8.17. The first kappa shape index (κ1) is 15.5. The van der Waals surface area contributed by atoms with Gasteiger partial charge in [-0.2, -0.15) is 5.10 Å². The van der Waals surface area contributed by atoms with E-state index in [1.165, 1.54) is 44.2 Å². The van der Waals surface area contributed by atoms with E-state index in [-0.39, 0.29) is 0 Å². The van der Waals surface area contributed by atoms with Gasteiger partial charge in [-0.1, -0.05) is 6.92 Å². The van der Waals surface area contributed by atoms with Crippen LogP contribution in [-0.4, -0.2) is 40.4 Å². The summed E-state index contributed by atoms with van der Waals surface area (Å²) >= 11 is 0. The third-order valence-corrected chi connectivity index (χ3v) is 4.45. The maximum absolute atomic E-state index is 4.36. The molecule has 0 atom stereocenters. The Hall–Kier alpha value is -0.870. The lowest BCUT2D eigenvalue weighted by Crippen LogP contribution is -2.40. The maximum Gasteiger partial charge on any atom is 0.0534 e. The largest absolute Gasteiger partial charge is 0.314 e. The molecule has 1 heterocycles. The molecule has 2 rings (SSSR count). The minimum Gasteiger partial charge on any atom is -0.314 e. The van der Waals surface area contributed by atoms with E-state index in [2.05, 4.69) is 42.4 Å². The number of nitrogens with zero attached hydrogens (tertiary/aromatic N) is 3. The van der Waals surface area contributed by atoms with Crippen LogP contribution in [0.5, 0.6) is 0 Å². The molecule has 1 saturated carbocycles. The molecule has 1 aliphatic carbocycles. The molecule has 0 bridgehead atoms. The fraction of sp³-hybridized carbons (Fsp3) is 0.812. The smallest absolute Gasteiger partial charge is 0.0534 e. The van der Waals surface area contributed by atoms with Gasteiger partial charge in [0.05, 0.1) is 6.20 Å². The Kier molecular flexibility index (Phi) is 6.05. The number of aryl methyl sites for hydroxylation is 1. The molecule has 1 aliphatic rings. The quantitative estimate of drug-likeness (QED) is 0.832. The summed E-state index contributed by atoms with van der Waals surface area (Å²) in [6.45, 7) is 7.52. The van der Waals surface area contributed by atoms with Crippen molar-refractivity contribution in [3.8, 4) is 0 Å². The molecule has 0 spiro atoms. The predicted molar refractivity (Wildman–Crippen MR) is 83.7 cm³/mol. The number of hydrogen-bond acceptors (Lipinski definition) is 3. The summed E-state index contributed by atoms with van der Waals surface area (Å²) in [6, 6.07) is 1.49. The van der Waals surface area contributed by atoms with Crippen LogP contribution >= 0.6 is 0 Å². The van der Waals surface area contributed by atoms with Gasteiger partial charge in [0.2, 0.25) is 0 Å². The topological polar surface area (TPSA) is 33.1 Å². The zero-order valence-corrected chi connectivity index (χ0v) is 13.3. The zero-order chi connectivity index (χ0) is 14.4. The van der Waals surface area contributed by atoms with Gasteiger partial charge in [0.1, 0.15) is 0 Å². The normalized spacial score (nSPS) is 23.4. The molecule has 0 radical (unpaired) electrons. The van der Waals surface area contributed by atoms with Crippen molar-refractivity contribution in [2.24, 2.45) is 0 Å². The van der Waals surface area contributed by atoms with Gasteiger partial charge in [0, 0.05) is 36.9 Å². The second-order valence-corrected chi connectivity index (χ2v) is 6.08. The van der Waals surface area contributed by atoms with Crippen molar-refractivity contribution in [3.05, 3.63) is 18.0 Å². The van der Waals surface area contributed by atoms with Crippen LogP contribution < -0.4 is 5.32 Å². The number of rotatable bonds is 7. The van der Waals surface area contributed by atoms with Gasteiger partial charge >= 0.3 is 0 Å². The maximum atomic E-state index is 4.36. The van der Waals surface area contributed by atoms with E-state index >= 15 is 0 Å². The summed E-state index contributed by atoms with van der Waals surface area (Å²) in [5.74, 6) is 0. The van der Waals surface area contributed by atoms with Crippen molar-refractivity contribution < 1.29 is 0 Å². The van der Waals surface area contributed by atoms with E-state index < -0.39 is 0 Å². The van der Waals surface area contributed by atoms with Crippen molar-refractivity contribution in [1.29, 1.82) is 0 Å². The van der Waals surface area contributed by atoms with Crippen LogP contribution in [0.15, 0.2) is 12.4 Å². The van der Waals surface area contributed by atoms with Crippen LogP contribution in [0.3, 0.4) is 0 Å². The Morgan fingerprint density at radius 1 is 1.30 bits per heavy atom. The average molecular weight is 278 g/mol. The molecular formula is C16H30N4. The fourth-order valence-corrected chi connectivity index (χ4v) is 3.15. The molecule has 0 aromatic carbocycles. The Morgan fingerprint density at radius 2 is 2.05 bits per heavy atom. The standard InChI is InChI=1S/C16H30N4/c1-4-10-17-15-6-8-16(9-7-15)19(3)12-14-11-18-20(5-2)13-14/h11,13,15-17H,4-10,12H2,1-3H3. The molecule has 4 nitrogen and oxygen atoms in total. The summed E-state index contributed by atoms with van der Waals surface area (Å²) in [4.78, 5) is 2.51. The monoisotopic (exact) mass is 278 g/mol. The Labute approximate surface area is 123 Å². The summed E-state index contributed by atoms with van der Waals surface area (Å²) in [7, 11) is 2.26. The molecule has 0 amide bonds. The predicted octanol–water partition coefficient (Wildman–Crippen LogP) is 2.65. The van der Waals surface area contributed by atoms with Crippen LogP contribution in [0, 0.1) is 0 Å². The van der Waals surface area contributed by atoms with Crippen LogP contribution in [0.1, 0.15) is 51.5 Å². The molecular weight excluding hydrogens is 248 g/mol. The Bertz CT molecular complexity index is 380. The van der Waals surface area contributed by atoms with Gasteiger partial charge in [-0.25, -0.2) is 0 Å². The second kappa shape index (κ2) is 7.79. The van der Waals surface area contributed by atoms with Gasteiger partial charge in [-0.05, 0) is 52.6 Å². The zero-order valence-electron chi connectivity index (χ0n) is 13.3. The molecule has 1 fully saturated rings. The average Bonchev–Trinajstić information content (AvgIpc) is 2.93. The minimum absolute atomic E-state index is 0.736. The lowest BCUT2D eigenvalue weighted by Gasteiger charge is -2.35. The highest BCUT2D eigenvalue weighted by Gasteiger charge is 2.23. The van der Waals surface area contributed by atoms with Gasteiger partial charge in [0.25, 0.3) is 0 Å². The molecule has 1 aromatic heterocycles. The van der Waals surface area contributed by atoms with Gasteiger partial charge in [0.15, 0.2) is 0 Å². The van der Waals surface area contributed by atoms with Crippen LogP contribution in [0.2, 0.25) is 0 Å². The van der Waals surface area contributed by atoms with E-state index in [1.807, 2.05) is 10.9 Å². The molecule has 20 heavy (non-hydrogen) atoms. The van der Waals surface area contributed by atoms with E-state index in [9.17, 15) is 0 Å². The van der Waals surface area contributed by atoms with Crippen molar-refractivity contribution in [2.75, 3.05) is 13.6 Å². The summed E-state index contributed by atoms with van der Waals surface area (Å²) in [6.07, 6.45) is 10.7. The third-order valence-electron chi connectivity index (χ3n) is 4.45. The lowest BCUT2D eigenvalue weighted by atomic mass is 9.90. The highest BCUT2D eigenvalue weighted by molar-refractivity contribution is 5.04. The Balaban J connectivity index is 1.75. The number of nitrogens with one attached hydrogen (secondary N) is 1. The Morgan fingerprint density at radius 3 is 2.65 bits per heavy atom. The van der Waals surface area contributed by atoms with Gasteiger partial charge in [-0.15, -0.1) is 0 Å². The van der Waals surface area contributed by atoms with E-state index in [4.69, 9.17) is 0 Å². The highest BCUT2D eigenvalue weighted by atomic mass is 15.3. The summed E-state index contributed by atoms with van der Waals surface area (Å²) in [5, 5.41) is 8.02. The van der Waals surface area contributed by atoms with E-state index in [0.717, 1.165) is 25.2 Å². The second-order valence-electron chi connectivity index (χ2n) is 6.08. The van der Waals surface area contributed by atoms with Crippen LogP contribution in [-0.2, 0) is 13.1 Å². The molecule has 4 heteroatoms. The molecule has 114 valence electrons. The van der Waals surface area contributed by atoms with E-state index in [0.29, 0.717) is 0 Å². The fourth-order valence-electron chi connectivity index (χ4n) is 3.15. The van der Waals surface area contributed by atoms with Crippen LogP contribution in [0.25, 0.3) is 0 Å². The summed E-state index contributed by atoms with van der Waals surface area (Å²) in [5.41, 5.74) is 1.33. The molecule has 1 aromatic rings. The van der Waals surface area contributed by atoms with Crippen molar-refractivity contribution in [1.82, 2.24) is 20.0 Å². The lowest BCUT2D eigenvalue weighted by molar-refractivity contribution is 0.168. The summed E-state index contributed by atoms with van der Waals surface area (Å²) < 4.78 is 2.01. The first-order chi connectivity index (χ1) is 9.72. The van der Waals surface area contributed by atoms with Crippen LogP contribution in [0.4, 0.5) is 0 Å². The van der Waals surface area contributed by atoms with Crippen molar-refractivity contribution in [2.45, 2.75) is 71.1 Å².